The van der Waals surface area contributed by atoms with Gasteiger partial charge in [0.25, 0.3) is 0 Å². The fourth-order valence-corrected chi connectivity index (χ4v) is 4.97. The van der Waals surface area contributed by atoms with Crippen molar-refractivity contribution in [2.45, 2.75) is 21.9 Å². The van der Waals surface area contributed by atoms with Crippen LogP contribution in [0.5, 0.6) is 0 Å². The Kier molecular flexibility index (Phi) is 2.07. The zero-order chi connectivity index (χ0) is 9.69. The Morgan fingerprint density at radius 3 is 2.46 bits per heavy atom. The van der Waals surface area contributed by atoms with Gasteiger partial charge >= 0.3 is 0 Å². The minimum atomic E-state index is -3.28. The summed E-state index contributed by atoms with van der Waals surface area (Å²) in [5.41, 5.74) is 5.67. The first-order valence-electron chi connectivity index (χ1n) is 3.75. The van der Waals surface area contributed by atoms with Gasteiger partial charge in [-0.05, 0) is 40.9 Å². The van der Waals surface area contributed by atoms with Crippen LogP contribution in [-0.2, 0) is 9.84 Å². The molecule has 0 atom stereocenters. The van der Waals surface area contributed by atoms with Crippen molar-refractivity contribution in [3.63, 3.8) is 0 Å². The lowest BCUT2D eigenvalue weighted by Crippen LogP contribution is -2.32. The zero-order valence-electron chi connectivity index (χ0n) is 6.66. The monoisotopic (exact) mass is 281 g/mol. The highest BCUT2D eigenvalue weighted by atomic mass is 79.9. The topological polar surface area (TPSA) is 60.2 Å². The Morgan fingerprint density at radius 1 is 1.46 bits per heavy atom. The van der Waals surface area contributed by atoms with Crippen molar-refractivity contribution in [3.05, 3.63) is 15.9 Å². The summed E-state index contributed by atoms with van der Waals surface area (Å²) in [6, 6.07) is 3.32. The molecular weight excluding hydrogens is 274 g/mol. The van der Waals surface area contributed by atoms with E-state index >= 15 is 0 Å². The Labute approximate surface area is 89.0 Å². The van der Waals surface area contributed by atoms with Crippen molar-refractivity contribution in [1.82, 2.24) is 0 Å². The molecule has 2 N–H and O–H groups in total. The SMILES string of the molecule is NC1(S(=O)(=O)c2ccc(Br)s2)CC1. The van der Waals surface area contributed by atoms with Crippen molar-refractivity contribution in [3.8, 4) is 0 Å². The third kappa shape index (κ3) is 1.45. The van der Waals surface area contributed by atoms with Crippen LogP contribution in [0.15, 0.2) is 20.1 Å². The molecule has 2 rings (SSSR count). The second kappa shape index (κ2) is 2.79. The van der Waals surface area contributed by atoms with Gasteiger partial charge in [-0.25, -0.2) is 8.42 Å². The van der Waals surface area contributed by atoms with Crippen LogP contribution >= 0.6 is 27.3 Å². The van der Waals surface area contributed by atoms with Gasteiger partial charge in [-0.2, -0.15) is 0 Å². The fraction of sp³-hybridized carbons (Fsp3) is 0.429. The molecule has 0 aromatic carbocycles. The predicted octanol–water partition coefficient (Wildman–Crippen LogP) is 1.73. The first-order valence-corrected chi connectivity index (χ1v) is 6.84. The second-order valence-corrected chi connectivity index (χ2v) is 8.11. The lowest BCUT2D eigenvalue weighted by molar-refractivity contribution is 0.581. The van der Waals surface area contributed by atoms with E-state index < -0.39 is 14.7 Å². The van der Waals surface area contributed by atoms with E-state index in [1.807, 2.05) is 0 Å². The number of nitrogens with two attached hydrogens (primary N) is 1. The summed E-state index contributed by atoms with van der Waals surface area (Å²) in [6.07, 6.45) is 1.15. The maximum atomic E-state index is 11.8. The molecule has 1 aliphatic carbocycles. The Bertz CT molecular complexity index is 433. The molecular formula is C7H8BrNO2S2. The summed E-state index contributed by atoms with van der Waals surface area (Å²) in [4.78, 5) is -0.975. The molecule has 0 bridgehead atoms. The van der Waals surface area contributed by atoms with Crippen molar-refractivity contribution in [2.24, 2.45) is 5.73 Å². The minimum absolute atomic E-state index is 0.361. The third-order valence-electron chi connectivity index (χ3n) is 2.09. The largest absolute Gasteiger partial charge is 0.312 e. The summed E-state index contributed by atoms with van der Waals surface area (Å²) in [5, 5.41) is 0. The number of thiophene rings is 1. The standard InChI is InChI=1S/C7H8BrNO2S2/c8-5-1-2-6(12-5)13(10,11)7(9)3-4-7/h1-2H,3-4,9H2. The predicted molar refractivity (Wildman–Crippen MR) is 55.4 cm³/mol. The molecule has 0 radical (unpaired) electrons. The average molecular weight is 282 g/mol. The summed E-state index contributed by atoms with van der Waals surface area (Å²) < 4.78 is 24.8. The van der Waals surface area contributed by atoms with E-state index in [0.717, 1.165) is 3.79 Å². The molecule has 0 spiro atoms. The van der Waals surface area contributed by atoms with E-state index in [1.165, 1.54) is 11.3 Å². The quantitative estimate of drug-likeness (QED) is 0.898. The van der Waals surface area contributed by atoms with Crippen LogP contribution in [0.3, 0.4) is 0 Å². The second-order valence-electron chi connectivity index (χ2n) is 3.13. The van der Waals surface area contributed by atoms with Crippen LogP contribution in [0.25, 0.3) is 0 Å². The number of rotatable bonds is 2. The van der Waals surface area contributed by atoms with Gasteiger partial charge < -0.3 is 5.73 Å². The van der Waals surface area contributed by atoms with E-state index in [4.69, 9.17) is 5.73 Å². The van der Waals surface area contributed by atoms with Crippen molar-refractivity contribution in [1.29, 1.82) is 0 Å². The summed E-state index contributed by atoms with van der Waals surface area (Å²) in [5.74, 6) is 0. The third-order valence-corrected chi connectivity index (χ3v) is 6.56. The molecule has 1 aliphatic rings. The van der Waals surface area contributed by atoms with E-state index in [2.05, 4.69) is 15.9 Å². The smallest absolute Gasteiger partial charge is 0.206 e. The molecule has 0 saturated heterocycles. The molecule has 72 valence electrons. The van der Waals surface area contributed by atoms with E-state index in [1.54, 1.807) is 12.1 Å². The first-order chi connectivity index (χ1) is 5.96. The highest BCUT2D eigenvalue weighted by Gasteiger charge is 2.52. The lowest BCUT2D eigenvalue weighted by Gasteiger charge is -2.07. The lowest BCUT2D eigenvalue weighted by atomic mass is 10.7. The molecule has 1 aromatic rings. The van der Waals surface area contributed by atoms with Gasteiger partial charge in [0.15, 0.2) is 0 Å². The van der Waals surface area contributed by atoms with Crippen molar-refractivity contribution in [2.75, 3.05) is 0 Å². The van der Waals surface area contributed by atoms with Crippen molar-refractivity contribution >= 4 is 37.1 Å². The summed E-state index contributed by atoms with van der Waals surface area (Å²) in [7, 11) is -3.28. The summed E-state index contributed by atoms with van der Waals surface area (Å²) >= 11 is 4.44. The normalized spacial score (nSPS) is 20.2. The van der Waals surface area contributed by atoms with Gasteiger partial charge in [0.05, 0.1) is 3.79 Å². The number of sulfone groups is 1. The highest BCUT2D eigenvalue weighted by Crippen LogP contribution is 2.43. The van der Waals surface area contributed by atoms with Crippen LogP contribution in [0, 0.1) is 0 Å². The molecule has 1 aromatic heterocycles. The molecule has 1 saturated carbocycles. The van der Waals surface area contributed by atoms with Crippen LogP contribution in [-0.4, -0.2) is 13.3 Å². The van der Waals surface area contributed by atoms with E-state index in [0.29, 0.717) is 17.1 Å². The molecule has 13 heavy (non-hydrogen) atoms. The van der Waals surface area contributed by atoms with Crippen molar-refractivity contribution < 1.29 is 8.42 Å². The molecule has 0 aliphatic heterocycles. The zero-order valence-corrected chi connectivity index (χ0v) is 9.88. The molecule has 0 amide bonds. The van der Waals surface area contributed by atoms with Gasteiger partial charge in [0, 0.05) is 0 Å². The first kappa shape index (κ1) is 9.64. The Hall–Kier alpha value is 0.0900. The summed E-state index contributed by atoms with van der Waals surface area (Å²) in [6.45, 7) is 0. The highest BCUT2D eigenvalue weighted by molar-refractivity contribution is 9.11. The van der Waals surface area contributed by atoms with Crippen LogP contribution in [0.4, 0.5) is 0 Å². The maximum absolute atomic E-state index is 11.8. The average Bonchev–Trinajstić information content (AvgIpc) is 2.63. The minimum Gasteiger partial charge on any atom is -0.312 e. The van der Waals surface area contributed by atoms with Crippen LogP contribution in [0.1, 0.15) is 12.8 Å². The van der Waals surface area contributed by atoms with E-state index in [-0.39, 0.29) is 0 Å². The van der Waals surface area contributed by atoms with Gasteiger partial charge in [-0.1, -0.05) is 0 Å². The molecule has 3 nitrogen and oxygen atoms in total. The van der Waals surface area contributed by atoms with Gasteiger partial charge in [-0.3, -0.25) is 0 Å². The Balaban J connectivity index is 2.46. The number of hydrogen-bond acceptors (Lipinski definition) is 4. The van der Waals surface area contributed by atoms with Gasteiger partial charge in [-0.15, -0.1) is 11.3 Å². The molecule has 6 heteroatoms. The van der Waals surface area contributed by atoms with E-state index in [9.17, 15) is 8.42 Å². The fourth-order valence-electron chi connectivity index (χ4n) is 1.03. The number of hydrogen-bond donors (Lipinski definition) is 1. The molecule has 0 unspecified atom stereocenters. The molecule has 1 heterocycles. The van der Waals surface area contributed by atoms with Crippen LogP contribution < -0.4 is 5.73 Å². The van der Waals surface area contributed by atoms with Gasteiger partial charge in [0.1, 0.15) is 9.08 Å². The maximum Gasteiger partial charge on any atom is 0.206 e. The number of halogens is 1. The van der Waals surface area contributed by atoms with Gasteiger partial charge in [0.2, 0.25) is 9.84 Å². The molecule has 1 fully saturated rings. The van der Waals surface area contributed by atoms with Crippen LogP contribution in [0.2, 0.25) is 0 Å². The Morgan fingerprint density at radius 2 is 2.08 bits per heavy atom.